The summed E-state index contributed by atoms with van der Waals surface area (Å²) >= 11 is 0. The second-order valence-electron chi connectivity index (χ2n) is 4.63. The van der Waals surface area contributed by atoms with Crippen LogP contribution in [-0.4, -0.2) is 26.9 Å². The van der Waals surface area contributed by atoms with Crippen LogP contribution in [-0.2, 0) is 11.3 Å². The summed E-state index contributed by atoms with van der Waals surface area (Å²) in [7, 11) is 3.46. The van der Waals surface area contributed by atoms with Crippen LogP contribution >= 0.6 is 0 Å². The third-order valence-corrected chi connectivity index (χ3v) is 3.06. The predicted molar refractivity (Wildman–Crippen MR) is 75.1 cm³/mol. The number of methoxy groups -OCH3 is 2. The van der Waals surface area contributed by atoms with E-state index >= 15 is 0 Å². The third-order valence-electron chi connectivity index (χ3n) is 3.06. The van der Waals surface area contributed by atoms with Gasteiger partial charge in [-0.05, 0) is 30.5 Å². The molecule has 102 valence electrons. The van der Waals surface area contributed by atoms with Gasteiger partial charge in [0.1, 0.15) is 5.75 Å². The van der Waals surface area contributed by atoms with Gasteiger partial charge in [0.15, 0.2) is 0 Å². The number of benzene rings is 1. The van der Waals surface area contributed by atoms with Gasteiger partial charge in [-0.2, -0.15) is 0 Å². The van der Waals surface area contributed by atoms with Crippen LogP contribution in [0.25, 0.3) is 0 Å². The van der Waals surface area contributed by atoms with Crippen molar-refractivity contribution in [3.63, 3.8) is 0 Å². The molecule has 18 heavy (non-hydrogen) atoms. The summed E-state index contributed by atoms with van der Waals surface area (Å²) < 4.78 is 10.5. The van der Waals surface area contributed by atoms with Crippen molar-refractivity contribution in [2.24, 2.45) is 0 Å². The topological polar surface area (TPSA) is 30.5 Å². The van der Waals surface area contributed by atoms with Gasteiger partial charge < -0.3 is 14.8 Å². The number of ether oxygens (including phenoxy) is 2. The summed E-state index contributed by atoms with van der Waals surface area (Å²) in [4.78, 5) is 0. The molecule has 0 saturated heterocycles. The van der Waals surface area contributed by atoms with Crippen LogP contribution in [0.2, 0.25) is 0 Å². The molecular formula is C15H25NO2. The lowest BCUT2D eigenvalue weighted by atomic mass is 10.1. The number of hydrogen-bond donors (Lipinski definition) is 1. The Morgan fingerprint density at radius 2 is 2.06 bits per heavy atom. The lowest BCUT2D eigenvalue weighted by Gasteiger charge is -2.17. The van der Waals surface area contributed by atoms with Crippen molar-refractivity contribution in [2.45, 2.75) is 39.3 Å². The summed E-state index contributed by atoms with van der Waals surface area (Å²) in [6.07, 6.45) is 2.31. The average Bonchev–Trinajstić information content (AvgIpc) is 2.36. The molecule has 0 fully saturated rings. The highest BCUT2D eigenvalue weighted by Gasteiger charge is 2.07. The minimum absolute atomic E-state index is 0.433. The van der Waals surface area contributed by atoms with E-state index in [2.05, 4.69) is 31.3 Å². The quantitative estimate of drug-likeness (QED) is 0.770. The zero-order valence-corrected chi connectivity index (χ0v) is 12.0. The summed E-state index contributed by atoms with van der Waals surface area (Å²) in [5.74, 6) is 0.945. The number of nitrogens with one attached hydrogen (secondary N) is 1. The van der Waals surface area contributed by atoms with E-state index in [0.29, 0.717) is 6.04 Å². The fourth-order valence-corrected chi connectivity index (χ4v) is 2.11. The highest BCUT2D eigenvalue weighted by atomic mass is 16.5. The van der Waals surface area contributed by atoms with Crippen LogP contribution in [0.3, 0.4) is 0 Å². The van der Waals surface area contributed by atoms with E-state index in [1.54, 1.807) is 14.2 Å². The maximum atomic E-state index is 5.26. The van der Waals surface area contributed by atoms with E-state index in [0.717, 1.165) is 25.3 Å². The van der Waals surface area contributed by atoms with E-state index in [4.69, 9.17) is 9.47 Å². The molecule has 3 nitrogen and oxygen atoms in total. The smallest absolute Gasteiger partial charge is 0.121 e. The normalized spacial score (nSPS) is 12.4. The van der Waals surface area contributed by atoms with Crippen molar-refractivity contribution in [3.05, 3.63) is 29.3 Å². The van der Waals surface area contributed by atoms with Gasteiger partial charge in [-0.25, -0.2) is 0 Å². The Morgan fingerprint density at radius 3 is 2.61 bits per heavy atom. The predicted octanol–water partition coefficient (Wildman–Crippen LogP) is 2.91. The van der Waals surface area contributed by atoms with Gasteiger partial charge in [-0.3, -0.25) is 0 Å². The van der Waals surface area contributed by atoms with Crippen molar-refractivity contribution in [2.75, 3.05) is 20.8 Å². The molecule has 0 heterocycles. The van der Waals surface area contributed by atoms with Gasteiger partial charge in [0.25, 0.3) is 0 Å². The Bertz CT molecular complexity index is 346. The second-order valence-corrected chi connectivity index (χ2v) is 4.63. The monoisotopic (exact) mass is 251 g/mol. The maximum absolute atomic E-state index is 5.26. The van der Waals surface area contributed by atoms with Gasteiger partial charge in [-0.15, -0.1) is 0 Å². The van der Waals surface area contributed by atoms with Gasteiger partial charge in [0.05, 0.1) is 13.7 Å². The van der Waals surface area contributed by atoms with Gasteiger partial charge in [0.2, 0.25) is 0 Å². The molecule has 0 spiro atoms. The maximum Gasteiger partial charge on any atom is 0.121 e. The van der Waals surface area contributed by atoms with Crippen LogP contribution in [0.1, 0.15) is 30.9 Å². The van der Waals surface area contributed by atoms with E-state index in [1.165, 1.54) is 17.5 Å². The minimum Gasteiger partial charge on any atom is -0.496 e. The zero-order valence-electron chi connectivity index (χ0n) is 12.0. The molecule has 0 saturated carbocycles. The largest absolute Gasteiger partial charge is 0.496 e. The lowest BCUT2D eigenvalue weighted by Crippen LogP contribution is -2.32. The molecule has 1 aromatic rings. The molecule has 0 radical (unpaired) electrons. The van der Waals surface area contributed by atoms with Gasteiger partial charge >= 0.3 is 0 Å². The molecule has 0 aliphatic heterocycles. The number of aryl methyl sites for hydroxylation is 1. The zero-order chi connectivity index (χ0) is 13.4. The van der Waals surface area contributed by atoms with Crippen molar-refractivity contribution < 1.29 is 9.47 Å². The molecule has 1 rings (SSSR count). The van der Waals surface area contributed by atoms with Crippen molar-refractivity contribution >= 4 is 0 Å². The van der Waals surface area contributed by atoms with Crippen molar-refractivity contribution in [1.82, 2.24) is 5.32 Å². The lowest BCUT2D eigenvalue weighted by molar-refractivity contribution is 0.161. The fraction of sp³-hybridized carbons (Fsp3) is 0.600. The van der Waals surface area contributed by atoms with Crippen LogP contribution in [0.15, 0.2) is 18.2 Å². The SMILES string of the molecule is CCCC(COC)NCc1ccc(OC)c(C)c1. The summed E-state index contributed by atoms with van der Waals surface area (Å²) in [5.41, 5.74) is 2.46. The van der Waals surface area contributed by atoms with Crippen LogP contribution in [0, 0.1) is 6.92 Å². The Balaban J connectivity index is 2.53. The summed E-state index contributed by atoms with van der Waals surface area (Å²) in [5, 5.41) is 3.54. The molecule has 1 aromatic carbocycles. The first kappa shape index (κ1) is 15.0. The fourth-order valence-electron chi connectivity index (χ4n) is 2.11. The molecule has 0 aromatic heterocycles. The molecule has 0 amide bonds. The molecule has 1 atom stereocenters. The third kappa shape index (κ3) is 4.67. The van der Waals surface area contributed by atoms with Gasteiger partial charge in [-0.1, -0.05) is 25.5 Å². The van der Waals surface area contributed by atoms with Crippen LogP contribution in [0.5, 0.6) is 5.75 Å². The Hall–Kier alpha value is -1.06. The highest BCUT2D eigenvalue weighted by Crippen LogP contribution is 2.18. The van der Waals surface area contributed by atoms with E-state index in [-0.39, 0.29) is 0 Å². The summed E-state index contributed by atoms with van der Waals surface area (Å²) in [6.45, 7) is 5.91. The minimum atomic E-state index is 0.433. The Kier molecular flexibility index (Phi) is 6.76. The standard InChI is InChI=1S/C15H25NO2/c1-5-6-14(11-17-3)16-10-13-7-8-15(18-4)12(2)9-13/h7-9,14,16H,5-6,10-11H2,1-4H3. The molecule has 0 bridgehead atoms. The Labute approximate surface area is 110 Å². The molecular weight excluding hydrogens is 226 g/mol. The first-order chi connectivity index (χ1) is 8.71. The highest BCUT2D eigenvalue weighted by molar-refractivity contribution is 5.36. The average molecular weight is 251 g/mol. The molecule has 0 aliphatic carbocycles. The van der Waals surface area contributed by atoms with E-state index in [1.807, 2.05) is 6.07 Å². The van der Waals surface area contributed by atoms with Crippen LogP contribution in [0.4, 0.5) is 0 Å². The first-order valence-corrected chi connectivity index (χ1v) is 6.57. The second kappa shape index (κ2) is 8.11. The molecule has 3 heteroatoms. The number of hydrogen-bond acceptors (Lipinski definition) is 3. The first-order valence-electron chi connectivity index (χ1n) is 6.57. The molecule has 1 N–H and O–H groups in total. The van der Waals surface area contributed by atoms with Crippen LogP contribution < -0.4 is 10.1 Å². The molecule has 0 aliphatic rings. The Morgan fingerprint density at radius 1 is 1.28 bits per heavy atom. The van der Waals surface area contributed by atoms with Crippen molar-refractivity contribution in [1.29, 1.82) is 0 Å². The van der Waals surface area contributed by atoms with Crippen molar-refractivity contribution in [3.8, 4) is 5.75 Å². The summed E-state index contributed by atoms with van der Waals surface area (Å²) in [6, 6.07) is 6.73. The molecule has 1 unspecified atom stereocenters. The number of rotatable bonds is 8. The van der Waals surface area contributed by atoms with Gasteiger partial charge in [0, 0.05) is 19.7 Å². The van der Waals surface area contributed by atoms with E-state index < -0.39 is 0 Å². The van der Waals surface area contributed by atoms with E-state index in [9.17, 15) is 0 Å².